The zero-order valence-electron chi connectivity index (χ0n) is 10.9. The molecule has 0 aromatic heterocycles. The summed E-state index contributed by atoms with van der Waals surface area (Å²) in [5, 5.41) is 3.05. The summed E-state index contributed by atoms with van der Waals surface area (Å²) in [6, 6.07) is 4.48. The molecule has 0 heterocycles. The second-order valence-electron chi connectivity index (χ2n) is 4.34. The highest BCUT2D eigenvalue weighted by Gasteiger charge is 2.46. The Kier molecular flexibility index (Phi) is 5.41. The van der Waals surface area contributed by atoms with Gasteiger partial charge in [-0.3, -0.25) is 0 Å². The van der Waals surface area contributed by atoms with E-state index in [0.29, 0.717) is 12.2 Å². The average Bonchev–Trinajstić information content (AvgIpc) is 2.37. The van der Waals surface area contributed by atoms with Crippen LogP contribution in [0.25, 0.3) is 0 Å². The van der Waals surface area contributed by atoms with E-state index in [-0.39, 0.29) is 6.04 Å². The van der Waals surface area contributed by atoms with Crippen LogP contribution in [-0.2, 0) is 9.84 Å². The van der Waals surface area contributed by atoms with Crippen LogP contribution in [0.15, 0.2) is 29.2 Å². The van der Waals surface area contributed by atoms with Crippen molar-refractivity contribution < 1.29 is 21.6 Å². The molecule has 1 unspecified atom stereocenters. The maximum Gasteiger partial charge on any atom is 0.501 e. The fraction of sp³-hybridized carbons (Fsp3) is 0.500. The Balaban J connectivity index is 2.90. The molecule has 0 bridgehead atoms. The highest BCUT2D eigenvalue weighted by Crippen LogP contribution is 2.30. The minimum Gasteiger partial charge on any atom is -0.381 e. The molecule has 0 saturated carbocycles. The van der Waals surface area contributed by atoms with Crippen molar-refractivity contribution in [2.24, 2.45) is 5.73 Å². The number of halogens is 3. The van der Waals surface area contributed by atoms with Gasteiger partial charge >= 0.3 is 5.51 Å². The lowest BCUT2D eigenvalue weighted by Crippen LogP contribution is -2.28. The lowest BCUT2D eigenvalue weighted by Gasteiger charge is -2.17. The Morgan fingerprint density at radius 1 is 1.25 bits per heavy atom. The molecule has 0 spiro atoms. The zero-order chi connectivity index (χ0) is 15.4. The van der Waals surface area contributed by atoms with Crippen molar-refractivity contribution in [1.29, 1.82) is 0 Å². The van der Waals surface area contributed by atoms with E-state index >= 15 is 0 Å². The zero-order valence-corrected chi connectivity index (χ0v) is 11.8. The fourth-order valence-electron chi connectivity index (χ4n) is 1.70. The summed E-state index contributed by atoms with van der Waals surface area (Å²) in [4.78, 5) is -0.768. The molecule has 8 heteroatoms. The highest BCUT2D eigenvalue weighted by molar-refractivity contribution is 7.92. The Labute approximate surface area is 116 Å². The highest BCUT2D eigenvalue weighted by atomic mass is 32.2. The molecule has 3 N–H and O–H groups in total. The van der Waals surface area contributed by atoms with Crippen LogP contribution in [0.2, 0.25) is 0 Å². The maximum atomic E-state index is 12.4. The first kappa shape index (κ1) is 16.8. The Morgan fingerprint density at radius 2 is 1.80 bits per heavy atom. The van der Waals surface area contributed by atoms with E-state index < -0.39 is 20.2 Å². The van der Waals surface area contributed by atoms with Gasteiger partial charge in [0.1, 0.15) is 0 Å². The van der Waals surface area contributed by atoms with E-state index in [1.165, 1.54) is 12.1 Å². The van der Waals surface area contributed by atoms with Crippen LogP contribution in [0.3, 0.4) is 0 Å². The summed E-state index contributed by atoms with van der Waals surface area (Å²) in [7, 11) is -5.29. The normalized spacial score (nSPS) is 14.1. The van der Waals surface area contributed by atoms with E-state index in [1.807, 2.05) is 6.92 Å². The van der Waals surface area contributed by atoms with Crippen molar-refractivity contribution in [2.45, 2.75) is 36.2 Å². The fourth-order valence-corrected chi connectivity index (χ4v) is 2.46. The maximum absolute atomic E-state index is 12.4. The molecule has 0 fully saturated rings. The van der Waals surface area contributed by atoms with Crippen LogP contribution < -0.4 is 11.1 Å². The molecule has 20 heavy (non-hydrogen) atoms. The number of benzene rings is 1. The van der Waals surface area contributed by atoms with Gasteiger partial charge in [-0.25, -0.2) is 8.42 Å². The second-order valence-corrected chi connectivity index (χ2v) is 6.28. The van der Waals surface area contributed by atoms with Gasteiger partial charge in [0.05, 0.1) is 4.90 Å². The van der Waals surface area contributed by atoms with Crippen LogP contribution in [0.4, 0.5) is 18.9 Å². The number of nitrogens with one attached hydrogen (secondary N) is 1. The number of rotatable bonds is 6. The van der Waals surface area contributed by atoms with Crippen LogP contribution in [0, 0.1) is 0 Å². The number of sulfone groups is 1. The Hall–Kier alpha value is -1.28. The predicted molar refractivity (Wildman–Crippen MR) is 71.1 cm³/mol. The molecular weight excluding hydrogens is 293 g/mol. The van der Waals surface area contributed by atoms with Crippen molar-refractivity contribution >= 4 is 15.5 Å². The smallest absolute Gasteiger partial charge is 0.381 e. The second kappa shape index (κ2) is 6.45. The summed E-state index contributed by atoms with van der Waals surface area (Å²) >= 11 is 0. The monoisotopic (exact) mass is 310 g/mol. The van der Waals surface area contributed by atoms with Crippen LogP contribution >= 0.6 is 0 Å². The van der Waals surface area contributed by atoms with Gasteiger partial charge < -0.3 is 11.1 Å². The quantitative estimate of drug-likeness (QED) is 0.847. The van der Waals surface area contributed by atoms with Gasteiger partial charge in [0.25, 0.3) is 9.84 Å². The first-order valence-electron chi connectivity index (χ1n) is 6.10. The molecule has 1 rings (SSSR count). The third-order valence-electron chi connectivity index (χ3n) is 2.76. The molecule has 0 saturated heterocycles. The number of hydrogen-bond acceptors (Lipinski definition) is 4. The summed E-state index contributed by atoms with van der Waals surface area (Å²) in [5.41, 5.74) is 0.805. The van der Waals surface area contributed by atoms with E-state index in [1.54, 1.807) is 0 Å². The van der Waals surface area contributed by atoms with Crippen molar-refractivity contribution in [1.82, 2.24) is 0 Å². The predicted octanol–water partition coefficient (Wildman–Crippen LogP) is 2.52. The lowest BCUT2D eigenvalue weighted by molar-refractivity contribution is -0.0436. The number of nitrogens with two attached hydrogens (primary N) is 1. The minimum absolute atomic E-state index is 0.00470. The van der Waals surface area contributed by atoms with Crippen LogP contribution in [-0.4, -0.2) is 26.5 Å². The molecule has 0 amide bonds. The molecule has 0 aliphatic rings. The SMILES string of the molecule is CCCC(CN)Nc1ccc(S(=O)(=O)C(F)(F)F)cc1. The van der Waals surface area contributed by atoms with Crippen molar-refractivity contribution in [2.75, 3.05) is 11.9 Å². The summed E-state index contributed by atoms with van der Waals surface area (Å²) < 4.78 is 59.5. The number of anilines is 1. The molecule has 0 aliphatic heterocycles. The molecular formula is C12H17F3N2O2S. The molecule has 4 nitrogen and oxygen atoms in total. The number of hydrogen-bond donors (Lipinski definition) is 2. The van der Waals surface area contributed by atoms with Gasteiger partial charge in [0, 0.05) is 18.3 Å². The molecule has 0 radical (unpaired) electrons. The standard InChI is InChI=1S/C12H17F3N2O2S/c1-2-3-10(8-16)17-9-4-6-11(7-5-9)20(18,19)12(13,14)15/h4-7,10,17H,2-3,8,16H2,1H3. The van der Waals surface area contributed by atoms with Crippen LogP contribution in [0.5, 0.6) is 0 Å². The summed E-state index contributed by atoms with van der Waals surface area (Å²) in [6.45, 7) is 2.37. The Morgan fingerprint density at radius 3 is 2.20 bits per heavy atom. The van der Waals surface area contributed by atoms with E-state index in [4.69, 9.17) is 5.73 Å². The van der Waals surface area contributed by atoms with Gasteiger partial charge in [0.15, 0.2) is 0 Å². The molecule has 1 atom stereocenters. The van der Waals surface area contributed by atoms with Gasteiger partial charge in [-0.15, -0.1) is 0 Å². The lowest BCUT2D eigenvalue weighted by atomic mass is 10.1. The van der Waals surface area contributed by atoms with E-state index in [9.17, 15) is 21.6 Å². The third-order valence-corrected chi connectivity index (χ3v) is 4.26. The largest absolute Gasteiger partial charge is 0.501 e. The molecule has 114 valence electrons. The number of alkyl halides is 3. The molecule has 0 aliphatic carbocycles. The molecule has 1 aromatic rings. The van der Waals surface area contributed by atoms with Crippen LogP contribution in [0.1, 0.15) is 19.8 Å². The Bertz CT molecular complexity index is 527. The van der Waals surface area contributed by atoms with E-state index in [2.05, 4.69) is 5.32 Å². The van der Waals surface area contributed by atoms with Crippen molar-refractivity contribution in [3.8, 4) is 0 Å². The summed E-state index contributed by atoms with van der Waals surface area (Å²) in [6.07, 6.45) is 1.73. The van der Waals surface area contributed by atoms with Crippen molar-refractivity contribution in [3.63, 3.8) is 0 Å². The topological polar surface area (TPSA) is 72.2 Å². The average molecular weight is 310 g/mol. The van der Waals surface area contributed by atoms with Gasteiger partial charge in [-0.1, -0.05) is 13.3 Å². The van der Waals surface area contributed by atoms with E-state index in [0.717, 1.165) is 25.0 Å². The molecule has 1 aromatic carbocycles. The minimum atomic E-state index is -5.29. The van der Waals surface area contributed by atoms with Gasteiger partial charge in [-0.2, -0.15) is 13.2 Å². The first-order valence-corrected chi connectivity index (χ1v) is 7.58. The third kappa shape index (κ3) is 3.86. The van der Waals surface area contributed by atoms with Crippen molar-refractivity contribution in [3.05, 3.63) is 24.3 Å². The van der Waals surface area contributed by atoms with Gasteiger partial charge in [-0.05, 0) is 30.7 Å². The first-order chi connectivity index (χ1) is 9.22. The summed E-state index contributed by atoms with van der Waals surface area (Å²) in [5.74, 6) is 0. The van der Waals surface area contributed by atoms with Gasteiger partial charge in [0.2, 0.25) is 0 Å².